The van der Waals surface area contributed by atoms with Crippen molar-refractivity contribution in [3.05, 3.63) is 35.5 Å². The number of aromatic nitrogens is 2. The molecule has 2 rings (SSSR count). The summed E-state index contributed by atoms with van der Waals surface area (Å²) in [6.07, 6.45) is 0.670. The lowest BCUT2D eigenvalue weighted by Gasteiger charge is -2.04. The van der Waals surface area contributed by atoms with Crippen LogP contribution in [-0.4, -0.2) is 23.2 Å². The predicted octanol–water partition coefficient (Wildman–Crippen LogP) is 2.33. The second kappa shape index (κ2) is 5.27. The van der Waals surface area contributed by atoms with Gasteiger partial charge in [-0.1, -0.05) is 5.16 Å². The van der Waals surface area contributed by atoms with Gasteiger partial charge in [0.05, 0.1) is 0 Å². The maximum absolute atomic E-state index is 13.2. The molecule has 2 aromatic rings. The third kappa shape index (κ3) is 2.73. The van der Waals surface area contributed by atoms with E-state index in [1.54, 1.807) is 19.1 Å². The monoisotopic (exact) mass is 249 g/mol. The Morgan fingerprint density at radius 3 is 2.89 bits per heavy atom. The molecule has 0 saturated heterocycles. The summed E-state index contributed by atoms with van der Waals surface area (Å²) < 4.78 is 18.3. The van der Waals surface area contributed by atoms with Crippen LogP contribution in [0.25, 0.3) is 11.4 Å². The number of nitrogens with zero attached hydrogens (tertiary/aromatic N) is 2. The van der Waals surface area contributed by atoms with E-state index in [0.717, 1.165) is 5.56 Å². The highest BCUT2D eigenvalue weighted by atomic mass is 19.1. The van der Waals surface area contributed by atoms with Gasteiger partial charge in [-0.15, -0.1) is 0 Å². The summed E-state index contributed by atoms with van der Waals surface area (Å²) in [7, 11) is 1.88. The van der Waals surface area contributed by atoms with Crippen LogP contribution >= 0.6 is 0 Å². The van der Waals surface area contributed by atoms with Gasteiger partial charge in [0.15, 0.2) is 0 Å². The highest BCUT2D eigenvalue weighted by Crippen LogP contribution is 2.19. The van der Waals surface area contributed by atoms with Crippen molar-refractivity contribution in [1.29, 1.82) is 0 Å². The molecule has 0 radical (unpaired) electrons. The Hall–Kier alpha value is -1.75. The fourth-order valence-corrected chi connectivity index (χ4v) is 1.60. The molecule has 0 aliphatic rings. The molecule has 4 nitrogen and oxygen atoms in total. The van der Waals surface area contributed by atoms with Crippen molar-refractivity contribution >= 4 is 0 Å². The minimum atomic E-state index is -0.230. The minimum Gasteiger partial charge on any atom is -0.339 e. The molecule has 1 atom stereocenters. The van der Waals surface area contributed by atoms with Crippen molar-refractivity contribution in [2.24, 2.45) is 0 Å². The Balaban J connectivity index is 2.21. The van der Waals surface area contributed by atoms with Crippen molar-refractivity contribution in [1.82, 2.24) is 15.5 Å². The van der Waals surface area contributed by atoms with Crippen LogP contribution in [0.4, 0.5) is 4.39 Å². The van der Waals surface area contributed by atoms with Gasteiger partial charge in [0.2, 0.25) is 11.7 Å². The van der Waals surface area contributed by atoms with Gasteiger partial charge in [-0.3, -0.25) is 0 Å². The Kier molecular flexibility index (Phi) is 3.72. The molecular formula is C13H16FN3O. The molecule has 18 heavy (non-hydrogen) atoms. The normalized spacial score (nSPS) is 12.7. The molecule has 0 bridgehead atoms. The first kappa shape index (κ1) is 12.7. The van der Waals surface area contributed by atoms with E-state index in [2.05, 4.69) is 15.5 Å². The Morgan fingerprint density at radius 2 is 2.22 bits per heavy atom. The van der Waals surface area contributed by atoms with Crippen LogP contribution < -0.4 is 5.32 Å². The molecule has 0 fully saturated rings. The van der Waals surface area contributed by atoms with Gasteiger partial charge in [0, 0.05) is 18.0 Å². The predicted molar refractivity (Wildman–Crippen MR) is 66.7 cm³/mol. The van der Waals surface area contributed by atoms with E-state index in [-0.39, 0.29) is 11.9 Å². The maximum atomic E-state index is 13.2. The molecule has 0 spiro atoms. The largest absolute Gasteiger partial charge is 0.339 e. The van der Waals surface area contributed by atoms with Crippen LogP contribution in [0.15, 0.2) is 22.7 Å². The summed E-state index contributed by atoms with van der Waals surface area (Å²) in [6.45, 7) is 3.74. The SMILES string of the molecule is CNC(C)Cc1nc(-c2ccc(F)c(C)c2)no1. The van der Waals surface area contributed by atoms with E-state index in [1.807, 2.05) is 14.0 Å². The highest BCUT2D eigenvalue weighted by Gasteiger charge is 2.11. The number of nitrogens with one attached hydrogen (secondary N) is 1. The van der Waals surface area contributed by atoms with Gasteiger partial charge in [-0.25, -0.2) is 4.39 Å². The topological polar surface area (TPSA) is 51.0 Å². The third-order valence-corrected chi connectivity index (χ3v) is 2.86. The summed E-state index contributed by atoms with van der Waals surface area (Å²) in [5.74, 6) is 0.844. The van der Waals surface area contributed by atoms with Crippen LogP contribution in [0.2, 0.25) is 0 Å². The number of hydrogen-bond donors (Lipinski definition) is 1. The molecule has 5 heteroatoms. The zero-order valence-corrected chi connectivity index (χ0v) is 10.7. The van der Waals surface area contributed by atoms with E-state index in [4.69, 9.17) is 4.52 Å². The number of hydrogen-bond acceptors (Lipinski definition) is 4. The van der Waals surface area contributed by atoms with Gasteiger partial charge in [-0.2, -0.15) is 4.98 Å². The van der Waals surface area contributed by atoms with Crippen LogP contribution in [0.3, 0.4) is 0 Å². The first-order chi connectivity index (χ1) is 8.60. The number of halogens is 1. The highest BCUT2D eigenvalue weighted by molar-refractivity contribution is 5.55. The third-order valence-electron chi connectivity index (χ3n) is 2.86. The molecule has 0 aliphatic carbocycles. The maximum Gasteiger partial charge on any atom is 0.228 e. The molecule has 1 heterocycles. The van der Waals surface area contributed by atoms with Gasteiger partial charge in [-0.05, 0) is 44.7 Å². The van der Waals surface area contributed by atoms with Gasteiger partial charge >= 0.3 is 0 Å². The fourth-order valence-electron chi connectivity index (χ4n) is 1.60. The van der Waals surface area contributed by atoms with Crippen molar-refractivity contribution in [2.45, 2.75) is 26.3 Å². The van der Waals surface area contributed by atoms with E-state index in [1.165, 1.54) is 6.07 Å². The van der Waals surface area contributed by atoms with Crippen molar-refractivity contribution in [2.75, 3.05) is 7.05 Å². The standard InChI is InChI=1S/C13H16FN3O/c1-8-6-10(4-5-11(8)14)13-16-12(18-17-13)7-9(2)15-3/h4-6,9,15H,7H2,1-3H3. The second-order valence-corrected chi connectivity index (χ2v) is 4.37. The first-order valence-electron chi connectivity index (χ1n) is 5.86. The lowest BCUT2D eigenvalue weighted by molar-refractivity contribution is 0.365. The zero-order chi connectivity index (χ0) is 13.1. The average molecular weight is 249 g/mol. The molecule has 0 amide bonds. The smallest absolute Gasteiger partial charge is 0.228 e. The molecule has 1 aromatic heterocycles. The fraction of sp³-hybridized carbons (Fsp3) is 0.385. The van der Waals surface area contributed by atoms with Crippen molar-refractivity contribution in [3.8, 4) is 11.4 Å². The van der Waals surface area contributed by atoms with Crippen LogP contribution in [-0.2, 0) is 6.42 Å². The van der Waals surface area contributed by atoms with Crippen molar-refractivity contribution < 1.29 is 8.91 Å². The lowest BCUT2D eigenvalue weighted by atomic mass is 10.1. The lowest BCUT2D eigenvalue weighted by Crippen LogP contribution is -2.23. The minimum absolute atomic E-state index is 0.230. The van der Waals surface area contributed by atoms with Gasteiger partial charge in [0.25, 0.3) is 0 Å². The molecule has 0 saturated carbocycles. The Labute approximate surface area is 105 Å². The second-order valence-electron chi connectivity index (χ2n) is 4.37. The average Bonchev–Trinajstić information content (AvgIpc) is 2.81. The van der Waals surface area contributed by atoms with Gasteiger partial charge < -0.3 is 9.84 Å². The quantitative estimate of drug-likeness (QED) is 0.903. The molecule has 0 aliphatic heterocycles. The Morgan fingerprint density at radius 1 is 1.44 bits per heavy atom. The first-order valence-corrected chi connectivity index (χ1v) is 5.86. The molecule has 1 N–H and O–H groups in total. The van der Waals surface area contributed by atoms with E-state index >= 15 is 0 Å². The Bertz CT molecular complexity index is 539. The molecular weight excluding hydrogens is 233 g/mol. The van der Waals surface area contributed by atoms with E-state index < -0.39 is 0 Å². The number of benzene rings is 1. The number of rotatable bonds is 4. The summed E-state index contributed by atoms with van der Waals surface area (Å²) in [5.41, 5.74) is 1.34. The van der Waals surface area contributed by atoms with Crippen LogP contribution in [0, 0.1) is 12.7 Å². The van der Waals surface area contributed by atoms with Crippen LogP contribution in [0.5, 0.6) is 0 Å². The van der Waals surface area contributed by atoms with E-state index in [9.17, 15) is 4.39 Å². The summed E-state index contributed by atoms with van der Waals surface area (Å²) in [4.78, 5) is 4.30. The molecule has 1 aromatic carbocycles. The summed E-state index contributed by atoms with van der Waals surface area (Å²) in [6, 6.07) is 5.05. The van der Waals surface area contributed by atoms with Gasteiger partial charge in [0.1, 0.15) is 5.82 Å². The molecule has 96 valence electrons. The summed E-state index contributed by atoms with van der Waals surface area (Å²) >= 11 is 0. The van der Waals surface area contributed by atoms with Crippen molar-refractivity contribution in [3.63, 3.8) is 0 Å². The molecule has 1 unspecified atom stereocenters. The number of likely N-dealkylation sites (N-methyl/N-ethyl adjacent to an activating group) is 1. The van der Waals surface area contributed by atoms with Crippen LogP contribution in [0.1, 0.15) is 18.4 Å². The number of aryl methyl sites for hydroxylation is 1. The summed E-state index contributed by atoms with van der Waals surface area (Å²) in [5, 5.41) is 7.01. The van der Waals surface area contributed by atoms with E-state index in [0.29, 0.717) is 23.7 Å². The zero-order valence-electron chi connectivity index (χ0n) is 10.7.